The number of hydrogen-bond donors (Lipinski definition) is 1. The molecule has 0 fully saturated rings. The molecule has 0 aliphatic heterocycles. The summed E-state index contributed by atoms with van der Waals surface area (Å²) in [6, 6.07) is 4.15. The summed E-state index contributed by atoms with van der Waals surface area (Å²) in [6.07, 6.45) is -0.815. The van der Waals surface area contributed by atoms with Gasteiger partial charge in [0.05, 0.1) is 5.56 Å². The molecular weight excluding hydrogens is 279 g/mol. The van der Waals surface area contributed by atoms with Crippen LogP contribution >= 0.6 is 15.9 Å². The molecule has 0 saturated carbocycles. The first-order chi connectivity index (χ1) is 7.58. The van der Waals surface area contributed by atoms with Gasteiger partial charge in [0.2, 0.25) is 0 Å². The third-order valence-electron chi connectivity index (χ3n) is 1.97. The predicted molar refractivity (Wildman–Crippen MR) is 58.0 cm³/mol. The van der Waals surface area contributed by atoms with Crippen LogP contribution in [0.3, 0.4) is 0 Å². The van der Waals surface area contributed by atoms with Gasteiger partial charge in [0.25, 0.3) is 5.89 Å². The van der Waals surface area contributed by atoms with Crippen LogP contribution in [0.5, 0.6) is 0 Å². The van der Waals surface area contributed by atoms with Crippen molar-refractivity contribution in [1.29, 1.82) is 0 Å². The molecule has 1 unspecified atom stereocenters. The molecule has 6 heteroatoms. The van der Waals surface area contributed by atoms with Crippen LogP contribution in [-0.2, 0) is 0 Å². The lowest BCUT2D eigenvalue weighted by Crippen LogP contribution is -1.93. The van der Waals surface area contributed by atoms with Crippen LogP contribution < -0.4 is 0 Å². The minimum Gasteiger partial charge on any atom is -0.385 e. The zero-order valence-corrected chi connectivity index (χ0v) is 9.90. The standard InChI is InChI=1S/C10H8BrFN2O2/c1-5(15)9-13-10(16-14-9)7-4-6(12)2-3-8(7)11/h2-5,15H,1H3. The van der Waals surface area contributed by atoms with Gasteiger partial charge < -0.3 is 9.63 Å². The third-order valence-corrected chi connectivity index (χ3v) is 2.67. The summed E-state index contributed by atoms with van der Waals surface area (Å²) in [4.78, 5) is 3.96. The van der Waals surface area contributed by atoms with Gasteiger partial charge in [0.15, 0.2) is 5.82 Å². The fourth-order valence-electron chi connectivity index (χ4n) is 1.18. The van der Waals surface area contributed by atoms with Crippen molar-refractivity contribution >= 4 is 15.9 Å². The number of nitrogens with zero attached hydrogens (tertiary/aromatic N) is 2. The summed E-state index contributed by atoms with van der Waals surface area (Å²) in [7, 11) is 0. The molecule has 1 aromatic carbocycles. The van der Waals surface area contributed by atoms with Gasteiger partial charge in [-0.3, -0.25) is 0 Å². The predicted octanol–water partition coefficient (Wildman–Crippen LogP) is 2.69. The maximum Gasteiger partial charge on any atom is 0.259 e. The highest BCUT2D eigenvalue weighted by Gasteiger charge is 2.15. The second-order valence-electron chi connectivity index (χ2n) is 3.26. The Balaban J connectivity index is 2.46. The lowest BCUT2D eigenvalue weighted by Gasteiger charge is -1.98. The van der Waals surface area contributed by atoms with Crippen LogP contribution in [0.2, 0.25) is 0 Å². The van der Waals surface area contributed by atoms with E-state index in [9.17, 15) is 9.50 Å². The Morgan fingerprint density at radius 2 is 2.25 bits per heavy atom. The average Bonchev–Trinajstić information content (AvgIpc) is 2.70. The smallest absolute Gasteiger partial charge is 0.259 e. The zero-order valence-electron chi connectivity index (χ0n) is 8.32. The van der Waals surface area contributed by atoms with Gasteiger partial charge in [-0.05, 0) is 41.1 Å². The van der Waals surface area contributed by atoms with E-state index < -0.39 is 11.9 Å². The summed E-state index contributed by atoms with van der Waals surface area (Å²) >= 11 is 3.26. The molecule has 0 spiro atoms. The van der Waals surface area contributed by atoms with Crippen LogP contribution in [0, 0.1) is 5.82 Å². The highest BCUT2D eigenvalue weighted by Crippen LogP contribution is 2.28. The lowest BCUT2D eigenvalue weighted by molar-refractivity contribution is 0.184. The summed E-state index contributed by atoms with van der Waals surface area (Å²) in [6.45, 7) is 1.52. The third kappa shape index (κ3) is 2.12. The molecule has 0 bridgehead atoms. The van der Waals surface area contributed by atoms with Crippen molar-refractivity contribution in [3.05, 3.63) is 34.3 Å². The molecule has 16 heavy (non-hydrogen) atoms. The summed E-state index contributed by atoms with van der Waals surface area (Å²) < 4.78 is 18.6. The number of rotatable bonds is 2. The molecule has 0 radical (unpaired) electrons. The Morgan fingerprint density at radius 1 is 1.50 bits per heavy atom. The highest BCUT2D eigenvalue weighted by molar-refractivity contribution is 9.10. The monoisotopic (exact) mass is 286 g/mol. The maximum atomic E-state index is 13.0. The fourth-order valence-corrected chi connectivity index (χ4v) is 1.59. The second kappa shape index (κ2) is 4.31. The number of aliphatic hydroxyl groups excluding tert-OH is 1. The second-order valence-corrected chi connectivity index (χ2v) is 4.11. The van der Waals surface area contributed by atoms with E-state index in [0.717, 1.165) is 0 Å². The summed E-state index contributed by atoms with van der Waals surface area (Å²) in [5, 5.41) is 12.8. The van der Waals surface area contributed by atoms with Crippen molar-refractivity contribution in [2.75, 3.05) is 0 Å². The van der Waals surface area contributed by atoms with Gasteiger partial charge in [-0.15, -0.1) is 0 Å². The first-order valence-corrected chi connectivity index (χ1v) is 5.34. The van der Waals surface area contributed by atoms with Crippen LogP contribution in [0.1, 0.15) is 18.9 Å². The Morgan fingerprint density at radius 3 is 2.88 bits per heavy atom. The topological polar surface area (TPSA) is 59.2 Å². The van der Waals surface area contributed by atoms with E-state index in [4.69, 9.17) is 4.52 Å². The summed E-state index contributed by atoms with van der Waals surface area (Å²) in [5.74, 6) is -0.0524. The Hall–Kier alpha value is -1.27. The van der Waals surface area contributed by atoms with E-state index in [0.29, 0.717) is 10.0 Å². The SMILES string of the molecule is CC(O)c1noc(-c2cc(F)ccc2Br)n1. The Kier molecular flexibility index (Phi) is 3.02. The number of halogens is 2. The normalized spacial score (nSPS) is 12.8. The number of aromatic nitrogens is 2. The molecule has 0 aliphatic carbocycles. The quantitative estimate of drug-likeness (QED) is 0.922. The molecule has 1 heterocycles. The van der Waals surface area contributed by atoms with E-state index >= 15 is 0 Å². The number of aliphatic hydroxyl groups is 1. The molecule has 2 rings (SSSR count). The van der Waals surface area contributed by atoms with Gasteiger partial charge in [-0.25, -0.2) is 4.39 Å². The van der Waals surface area contributed by atoms with E-state index in [1.165, 1.54) is 19.1 Å². The van der Waals surface area contributed by atoms with Crippen molar-refractivity contribution in [1.82, 2.24) is 10.1 Å². The van der Waals surface area contributed by atoms with E-state index in [-0.39, 0.29) is 11.7 Å². The molecule has 1 N–H and O–H groups in total. The fraction of sp³-hybridized carbons (Fsp3) is 0.200. The van der Waals surface area contributed by atoms with Gasteiger partial charge >= 0.3 is 0 Å². The van der Waals surface area contributed by atoms with Gasteiger partial charge in [0.1, 0.15) is 11.9 Å². The van der Waals surface area contributed by atoms with Gasteiger partial charge in [-0.1, -0.05) is 5.16 Å². The highest BCUT2D eigenvalue weighted by atomic mass is 79.9. The lowest BCUT2D eigenvalue weighted by atomic mass is 10.2. The van der Waals surface area contributed by atoms with E-state index in [1.54, 1.807) is 6.07 Å². The molecular formula is C10H8BrFN2O2. The maximum absolute atomic E-state index is 13.0. The van der Waals surface area contributed by atoms with Crippen LogP contribution in [0.4, 0.5) is 4.39 Å². The van der Waals surface area contributed by atoms with Crippen LogP contribution in [0.25, 0.3) is 11.5 Å². The van der Waals surface area contributed by atoms with Gasteiger partial charge in [-0.2, -0.15) is 4.98 Å². The summed E-state index contributed by atoms with van der Waals surface area (Å²) in [5.41, 5.74) is 0.458. The number of benzene rings is 1. The van der Waals surface area contributed by atoms with Crippen molar-refractivity contribution in [2.24, 2.45) is 0 Å². The molecule has 84 valence electrons. The average molecular weight is 287 g/mol. The molecule has 0 amide bonds. The first kappa shape index (κ1) is 11.2. The molecule has 2 aromatic rings. The van der Waals surface area contributed by atoms with E-state index in [2.05, 4.69) is 26.1 Å². The molecule has 1 atom stereocenters. The van der Waals surface area contributed by atoms with Gasteiger partial charge in [0, 0.05) is 4.47 Å². The Bertz CT molecular complexity index is 513. The zero-order chi connectivity index (χ0) is 11.7. The molecule has 0 aliphatic rings. The van der Waals surface area contributed by atoms with Crippen molar-refractivity contribution < 1.29 is 14.0 Å². The molecule has 0 saturated heterocycles. The minimum atomic E-state index is -0.815. The molecule has 1 aromatic heterocycles. The molecule has 4 nitrogen and oxygen atoms in total. The largest absolute Gasteiger partial charge is 0.385 e. The van der Waals surface area contributed by atoms with E-state index in [1.807, 2.05) is 0 Å². The van der Waals surface area contributed by atoms with Crippen LogP contribution in [-0.4, -0.2) is 15.2 Å². The van der Waals surface area contributed by atoms with Crippen molar-refractivity contribution in [2.45, 2.75) is 13.0 Å². The number of hydrogen-bond acceptors (Lipinski definition) is 4. The minimum absolute atomic E-state index is 0.169. The van der Waals surface area contributed by atoms with Crippen molar-refractivity contribution in [3.8, 4) is 11.5 Å². The van der Waals surface area contributed by atoms with Crippen LogP contribution in [0.15, 0.2) is 27.2 Å². The first-order valence-electron chi connectivity index (χ1n) is 4.55. The Labute approximate surface area is 99.2 Å². The van der Waals surface area contributed by atoms with Crippen molar-refractivity contribution in [3.63, 3.8) is 0 Å².